The van der Waals surface area contributed by atoms with Gasteiger partial charge in [-0.05, 0) is 48.9 Å². The second-order valence-electron chi connectivity index (χ2n) is 9.27. The van der Waals surface area contributed by atoms with Gasteiger partial charge in [-0.1, -0.05) is 17.7 Å². The van der Waals surface area contributed by atoms with Crippen molar-refractivity contribution in [3.05, 3.63) is 64.3 Å². The summed E-state index contributed by atoms with van der Waals surface area (Å²) in [7, 11) is 0.949. The molecule has 0 aromatic heterocycles. The van der Waals surface area contributed by atoms with Gasteiger partial charge in [-0.2, -0.15) is 4.31 Å². The number of esters is 1. The van der Waals surface area contributed by atoms with Crippen molar-refractivity contribution in [3.63, 3.8) is 0 Å². The van der Waals surface area contributed by atoms with E-state index in [4.69, 9.17) is 25.8 Å². The molecule has 13 heteroatoms. The molecule has 2 amide bonds. The molecule has 0 spiro atoms. The molecule has 2 aromatic rings. The smallest absolute Gasteiger partial charge is 0.338 e. The monoisotopic (exact) mass is 592 g/mol. The molecule has 40 heavy (non-hydrogen) atoms. The van der Waals surface area contributed by atoms with Gasteiger partial charge in [0.2, 0.25) is 10.0 Å². The molecule has 1 N–H and O–H groups in total. The summed E-state index contributed by atoms with van der Waals surface area (Å²) in [5, 5.41) is 3.35. The highest BCUT2D eigenvalue weighted by molar-refractivity contribution is 7.89. The molecule has 4 rings (SSSR count). The van der Waals surface area contributed by atoms with Crippen molar-refractivity contribution in [2.24, 2.45) is 0 Å². The number of carbonyl (C=O) groups excluding carboxylic acids is 2. The Labute approximate surface area is 239 Å². The third-order valence-corrected chi connectivity index (χ3v) is 9.13. The molecule has 0 unspecified atom stereocenters. The van der Waals surface area contributed by atoms with E-state index in [0.29, 0.717) is 46.4 Å². The summed E-state index contributed by atoms with van der Waals surface area (Å²) in [6.45, 7) is 3.44. The van der Waals surface area contributed by atoms with Crippen LogP contribution in [-0.4, -0.2) is 95.1 Å². The molecule has 1 saturated heterocycles. The first-order chi connectivity index (χ1) is 19.1. The topological polar surface area (TPSA) is 118 Å². The van der Waals surface area contributed by atoms with E-state index in [0.717, 1.165) is 0 Å². The zero-order valence-electron chi connectivity index (χ0n) is 22.8. The summed E-state index contributed by atoms with van der Waals surface area (Å²) in [5.41, 5.74) is 1.40. The van der Waals surface area contributed by atoms with Crippen LogP contribution in [0.25, 0.3) is 0 Å². The van der Waals surface area contributed by atoms with Gasteiger partial charge in [0.25, 0.3) is 0 Å². The molecule has 216 valence electrons. The van der Waals surface area contributed by atoms with Gasteiger partial charge in [0, 0.05) is 50.5 Å². The SMILES string of the molecule is CCOC(=O)C1=C(CN2CCN(S(=O)(=O)c3ccc(Cl)cc3)CC2)N(C)C(=O)N[C@H]1c1ccc(OC)c(OC)c1. The number of hydrogen-bond donors (Lipinski definition) is 1. The van der Waals surface area contributed by atoms with Crippen LogP contribution in [0, 0.1) is 0 Å². The highest BCUT2D eigenvalue weighted by Gasteiger charge is 2.38. The van der Waals surface area contributed by atoms with E-state index in [-0.39, 0.29) is 37.2 Å². The lowest BCUT2D eigenvalue weighted by Crippen LogP contribution is -2.53. The van der Waals surface area contributed by atoms with E-state index in [2.05, 4.69) is 5.32 Å². The standard InChI is InChI=1S/C27H33ClN4O7S/c1-5-39-26(33)24-21(30(2)27(34)29-25(24)18-6-11-22(37-3)23(16-18)38-4)17-31-12-14-32(15-13-31)40(35,36)20-9-7-19(28)8-10-20/h6-11,16,25H,5,12-15,17H2,1-4H3,(H,29,34)/t25-/m0/s1. The number of hydrogen-bond acceptors (Lipinski definition) is 8. The van der Waals surface area contributed by atoms with Gasteiger partial charge >= 0.3 is 12.0 Å². The van der Waals surface area contributed by atoms with Crippen LogP contribution in [0.4, 0.5) is 4.79 Å². The van der Waals surface area contributed by atoms with E-state index >= 15 is 0 Å². The molecule has 2 aromatic carbocycles. The first-order valence-corrected chi connectivity index (χ1v) is 14.6. The largest absolute Gasteiger partial charge is 0.493 e. The number of piperazine rings is 1. The Morgan fingerprint density at radius 3 is 2.27 bits per heavy atom. The number of likely N-dealkylation sites (N-methyl/N-ethyl adjacent to an activating group) is 1. The molecule has 0 bridgehead atoms. The average Bonchev–Trinajstić information content (AvgIpc) is 2.95. The predicted octanol–water partition coefficient (Wildman–Crippen LogP) is 2.88. The molecular formula is C27H33ClN4O7S. The number of ether oxygens (including phenoxy) is 3. The van der Waals surface area contributed by atoms with Gasteiger partial charge in [0.15, 0.2) is 11.5 Å². The van der Waals surface area contributed by atoms with Gasteiger partial charge in [-0.15, -0.1) is 0 Å². The number of rotatable bonds is 9. The van der Waals surface area contributed by atoms with Crippen LogP contribution in [0.5, 0.6) is 11.5 Å². The minimum Gasteiger partial charge on any atom is -0.493 e. The first-order valence-electron chi connectivity index (χ1n) is 12.7. The first kappa shape index (κ1) is 29.7. The van der Waals surface area contributed by atoms with Gasteiger partial charge in [-0.3, -0.25) is 9.80 Å². The van der Waals surface area contributed by atoms with Crippen molar-refractivity contribution >= 4 is 33.6 Å². The lowest BCUT2D eigenvalue weighted by atomic mass is 9.94. The highest BCUT2D eigenvalue weighted by atomic mass is 35.5. The normalized spacial score (nSPS) is 18.9. The van der Waals surface area contributed by atoms with Crippen molar-refractivity contribution in [2.75, 3.05) is 60.6 Å². The second kappa shape index (κ2) is 12.5. The zero-order chi connectivity index (χ0) is 29.0. The summed E-state index contributed by atoms with van der Waals surface area (Å²) < 4.78 is 43.8. The van der Waals surface area contributed by atoms with Crippen LogP contribution in [0.3, 0.4) is 0 Å². The number of urea groups is 1. The molecule has 2 aliphatic rings. The lowest BCUT2D eigenvalue weighted by Gasteiger charge is -2.39. The fraction of sp³-hybridized carbons (Fsp3) is 0.407. The third kappa shape index (κ3) is 6.04. The maximum Gasteiger partial charge on any atom is 0.338 e. The number of methoxy groups -OCH3 is 2. The third-order valence-electron chi connectivity index (χ3n) is 6.97. The number of nitrogens with one attached hydrogen (secondary N) is 1. The Morgan fingerprint density at radius 1 is 1.02 bits per heavy atom. The van der Waals surface area contributed by atoms with E-state index in [1.165, 1.54) is 35.6 Å². The van der Waals surface area contributed by atoms with Gasteiger partial charge in [-0.25, -0.2) is 18.0 Å². The Bertz CT molecular complexity index is 1390. The molecule has 2 aliphatic heterocycles. The molecular weight excluding hydrogens is 560 g/mol. The average molecular weight is 593 g/mol. The predicted molar refractivity (Wildman–Crippen MR) is 149 cm³/mol. The summed E-state index contributed by atoms with van der Waals surface area (Å²) in [4.78, 5) is 30.0. The number of carbonyl (C=O) groups is 2. The lowest BCUT2D eigenvalue weighted by molar-refractivity contribution is -0.139. The van der Waals surface area contributed by atoms with Crippen molar-refractivity contribution in [1.29, 1.82) is 0 Å². The minimum absolute atomic E-state index is 0.160. The van der Waals surface area contributed by atoms with Crippen LogP contribution in [0.15, 0.2) is 58.6 Å². The molecule has 0 saturated carbocycles. The molecule has 0 radical (unpaired) electrons. The van der Waals surface area contributed by atoms with E-state index in [1.54, 1.807) is 44.3 Å². The van der Waals surface area contributed by atoms with Gasteiger partial charge in [0.1, 0.15) is 0 Å². The highest BCUT2D eigenvalue weighted by Crippen LogP contribution is 2.36. The summed E-state index contributed by atoms with van der Waals surface area (Å²) in [6, 6.07) is 10.1. The summed E-state index contributed by atoms with van der Waals surface area (Å²) in [6.07, 6.45) is 0. The molecule has 1 atom stereocenters. The maximum atomic E-state index is 13.3. The van der Waals surface area contributed by atoms with Gasteiger partial charge < -0.3 is 19.5 Å². The fourth-order valence-corrected chi connectivity index (χ4v) is 6.32. The van der Waals surface area contributed by atoms with Crippen molar-refractivity contribution < 1.29 is 32.2 Å². The minimum atomic E-state index is -3.68. The fourth-order valence-electron chi connectivity index (χ4n) is 4.78. The van der Waals surface area contributed by atoms with E-state index < -0.39 is 22.0 Å². The molecule has 2 heterocycles. The Kier molecular flexibility index (Phi) is 9.24. The number of benzene rings is 2. The van der Waals surface area contributed by atoms with Gasteiger partial charge in [0.05, 0.1) is 37.3 Å². The van der Waals surface area contributed by atoms with E-state index in [1.807, 2.05) is 4.90 Å². The van der Waals surface area contributed by atoms with Crippen LogP contribution in [-0.2, 0) is 19.6 Å². The summed E-state index contributed by atoms with van der Waals surface area (Å²) >= 11 is 5.92. The number of sulfonamides is 1. The van der Waals surface area contributed by atoms with Crippen molar-refractivity contribution in [3.8, 4) is 11.5 Å². The van der Waals surface area contributed by atoms with Crippen LogP contribution >= 0.6 is 11.6 Å². The molecule has 1 fully saturated rings. The number of halogens is 1. The maximum absolute atomic E-state index is 13.3. The summed E-state index contributed by atoms with van der Waals surface area (Å²) in [5.74, 6) is 0.419. The Hall–Kier alpha value is -3.32. The Morgan fingerprint density at radius 2 is 1.68 bits per heavy atom. The van der Waals surface area contributed by atoms with Crippen LogP contribution in [0.2, 0.25) is 5.02 Å². The number of amides is 2. The number of nitrogens with zero attached hydrogens (tertiary/aromatic N) is 3. The second-order valence-corrected chi connectivity index (χ2v) is 11.6. The molecule has 11 nitrogen and oxygen atoms in total. The Balaban J connectivity index is 1.62. The zero-order valence-corrected chi connectivity index (χ0v) is 24.4. The molecule has 0 aliphatic carbocycles. The van der Waals surface area contributed by atoms with Crippen LogP contribution < -0.4 is 14.8 Å². The van der Waals surface area contributed by atoms with E-state index in [9.17, 15) is 18.0 Å². The van der Waals surface area contributed by atoms with Crippen molar-refractivity contribution in [1.82, 2.24) is 19.4 Å². The van der Waals surface area contributed by atoms with Crippen molar-refractivity contribution in [2.45, 2.75) is 17.9 Å². The quantitative estimate of drug-likeness (QED) is 0.442. The van der Waals surface area contributed by atoms with Crippen LogP contribution in [0.1, 0.15) is 18.5 Å².